The van der Waals surface area contributed by atoms with E-state index in [2.05, 4.69) is 15.3 Å². The van der Waals surface area contributed by atoms with Gasteiger partial charge in [0.2, 0.25) is 0 Å². The third-order valence-corrected chi connectivity index (χ3v) is 6.23. The highest BCUT2D eigenvalue weighted by Crippen LogP contribution is 2.33. The predicted octanol–water partition coefficient (Wildman–Crippen LogP) is 3.38. The molecule has 2 aliphatic rings. The van der Waals surface area contributed by atoms with Crippen molar-refractivity contribution in [1.82, 2.24) is 9.88 Å². The average Bonchev–Trinajstić information content (AvgIpc) is 2.96. The maximum Gasteiger partial charge on any atom is 0.253 e. The van der Waals surface area contributed by atoms with E-state index in [-0.39, 0.29) is 23.9 Å². The van der Waals surface area contributed by atoms with Crippen molar-refractivity contribution in [1.29, 1.82) is 0 Å². The van der Waals surface area contributed by atoms with Crippen LogP contribution in [0.4, 0.5) is 10.1 Å². The summed E-state index contributed by atoms with van der Waals surface area (Å²) in [6.07, 6.45) is 2.77. The molecule has 0 saturated carbocycles. The van der Waals surface area contributed by atoms with Gasteiger partial charge in [0.25, 0.3) is 5.91 Å². The highest BCUT2D eigenvalue weighted by molar-refractivity contribution is 7.09. The number of likely N-dealkylation sites (tertiary alicyclic amines) is 1. The molecule has 2 fully saturated rings. The Balaban J connectivity index is 1.45. The van der Waals surface area contributed by atoms with Crippen LogP contribution < -0.4 is 4.90 Å². The number of hydrogen-bond donors (Lipinski definition) is 0. The number of aromatic nitrogens is 1. The molecule has 2 aliphatic heterocycles. The Morgan fingerprint density at radius 3 is 3.00 bits per heavy atom. The van der Waals surface area contributed by atoms with E-state index in [0.29, 0.717) is 12.2 Å². The maximum absolute atomic E-state index is 13.6. The molecule has 7 heteroatoms. The van der Waals surface area contributed by atoms with Gasteiger partial charge in [-0.05, 0) is 50.9 Å². The highest BCUT2D eigenvalue weighted by Gasteiger charge is 2.41. The largest absolute Gasteiger partial charge is 0.363 e. The molecule has 27 heavy (non-hydrogen) atoms. The van der Waals surface area contributed by atoms with Crippen molar-refractivity contribution in [3.63, 3.8) is 0 Å². The highest BCUT2D eigenvalue weighted by atomic mass is 32.1. The molecule has 4 rings (SSSR count). The minimum Gasteiger partial charge on any atom is -0.363 e. The van der Waals surface area contributed by atoms with Crippen molar-refractivity contribution in [3.8, 4) is 0 Å². The number of hydrogen-bond acceptors (Lipinski definition) is 5. The zero-order chi connectivity index (χ0) is 18.9. The van der Waals surface area contributed by atoms with Gasteiger partial charge < -0.3 is 9.64 Å². The van der Waals surface area contributed by atoms with Crippen LogP contribution in [0.2, 0.25) is 0 Å². The van der Waals surface area contributed by atoms with Crippen molar-refractivity contribution in [3.05, 3.63) is 46.2 Å². The first-order valence-electron chi connectivity index (χ1n) is 9.36. The third kappa shape index (κ3) is 4.20. The standard InChI is InChI=1S/C20H24FN3O2S/c1-15-22-17(13-27-15)11-23-8-3-6-20(7-9-23)14-24(19(25)12-26-20)18-5-2-4-16(21)10-18/h2,4-5,10,13H,3,6-9,11-12,14H2,1H3. The molecule has 1 aromatic heterocycles. The predicted molar refractivity (Wildman–Crippen MR) is 103 cm³/mol. The fourth-order valence-corrected chi connectivity index (χ4v) is 4.59. The quantitative estimate of drug-likeness (QED) is 0.807. The number of thiazole rings is 1. The van der Waals surface area contributed by atoms with Crippen molar-refractivity contribution in [2.45, 2.75) is 38.3 Å². The number of rotatable bonds is 3. The van der Waals surface area contributed by atoms with E-state index in [4.69, 9.17) is 4.74 Å². The second-order valence-electron chi connectivity index (χ2n) is 7.42. The van der Waals surface area contributed by atoms with Crippen molar-refractivity contribution in [2.24, 2.45) is 0 Å². The van der Waals surface area contributed by atoms with Crippen LogP contribution in [-0.4, -0.2) is 47.6 Å². The fourth-order valence-electron chi connectivity index (χ4n) is 3.99. The van der Waals surface area contributed by atoms with Gasteiger partial charge in [0, 0.05) is 24.2 Å². The Labute approximate surface area is 162 Å². The summed E-state index contributed by atoms with van der Waals surface area (Å²) in [7, 11) is 0. The molecule has 2 saturated heterocycles. The molecule has 1 aromatic carbocycles. The average molecular weight is 389 g/mol. The summed E-state index contributed by atoms with van der Waals surface area (Å²) in [5.74, 6) is -0.434. The smallest absolute Gasteiger partial charge is 0.253 e. The topological polar surface area (TPSA) is 45.7 Å². The zero-order valence-electron chi connectivity index (χ0n) is 15.5. The molecule has 0 bridgehead atoms. The molecule has 1 unspecified atom stereocenters. The lowest BCUT2D eigenvalue weighted by atomic mass is 9.92. The van der Waals surface area contributed by atoms with E-state index >= 15 is 0 Å². The van der Waals surface area contributed by atoms with Crippen LogP contribution >= 0.6 is 11.3 Å². The molecule has 1 atom stereocenters. The Morgan fingerprint density at radius 1 is 1.33 bits per heavy atom. The van der Waals surface area contributed by atoms with E-state index in [1.165, 1.54) is 12.1 Å². The number of carbonyl (C=O) groups excluding carboxylic acids is 1. The van der Waals surface area contributed by atoms with E-state index in [0.717, 1.165) is 49.6 Å². The lowest BCUT2D eigenvalue weighted by Gasteiger charge is -2.42. The van der Waals surface area contributed by atoms with Gasteiger partial charge in [0.05, 0.1) is 22.8 Å². The molecule has 0 aliphatic carbocycles. The number of nitrogens with zero attached hydrogens (tertiary/aromatic N) is 3. The fraction of sp³-hybridized carbons (Fsp3) is 0.500. The number of amides is 1. The van der Waals surface area contributed by atoms with E-state index in [1.807, 2.05) is 6.92 Å². The van der Waals surface area contributed by atoms with Gasteiger partial charge in [-0.15, -0.1) is 11.3 Å². The summed E-state index contributed by atoms with van der Waals surface area (Å²) in [5.41, 5.74) is 1.38. The first-order valence-corrected chi connectivity index (χ1v) is 10.2. The van der Waals surface area contributed by atoms with Crippen LogP contribution in [-0.2, 0) is 16.1 Å². The van der Waals surface area contributed by atoms with Gasteiger partial charge in [0.15, 0.2) is 0 Å². The third-order valence-electron chi connectivity index (χ3n) is 5.41. The summed E-state index contributed by atoms with van der Waals surface area (Å²) in [6.45, 7) is 5.32. The van der Waals surface area contributed by atoms with Crippen molar-refractivity contribution >= 4 is 22.9 Å². The van der Waals surface area contributed by atoms with Crippen LogP contribution in [0, 0.1) is 12.7 Å². The Kier molecular flexibility index (Phi) is 5.25. The first kappa shape index (κ1) is 18.5. The van der Waals surface area contributed by atoms with E-state index in [9.17, 15) is 9.18 Å². The van der Waals surface area contributed by atoms with Crippen LogP contribution in [0.15, 0.2) is 29.6 Å². The van der Waals surface area contributed by atoms with Crippen LogP contribution in [0.25, 0.3) is 0 Å². The number of aryl methyl sites for hydroxylation is 1. The number of carbonyl (C=O) groups is 1. The van der Waals surface area contributed by atoms with Gasteiger partial charge >= 0.3 is 0 Å². The van der Waals surface area contributed by atoms with E-state index < -0.39 is 0 Å². The maximum atomic E-state index is 13.6. The zero-order valence-corrected chi connectivity index (χ0v) is 16.3. The molecule has 5 nitrogen and oxygen atoms in total. The molecule has 144 valence electrons. The van der Waals surface area contributed by atoms with Gasteiger partial charge in [-0.3, -0.25) is 9.69 Å². The molecule has 1 amide bonds. The summed E-state index contributed by atoms with van der Waals surface area (Å²) in [5, 5.41) is 3.22. The summed E-state index contributed by atoms with van der Waals surface area (Å²) >= 11 is 1.68. The summed E-state index contributed by atoms with van der Waals surface area (Å²) in [4.78, 5) is 21.1. The van der Waals surface area contributed by atoms with Gasteiger partial charge in [-0.1, -0.05) is 6.07 Å². The molecule has 2 aromatic rings. The van der Waals surface area contributed by atoms with Gasteiger partial charge in [0.1, 0.15) is 12.4 Å². The molecular weight excluding hydrogens is 365 g/mol. The monoisotopic (exact) mass is 389 g/mol. The van der Waals surface area contributed by atoms with Gasteiger partial charge in [-0.2, -0.15) is 0 Å². The number of ether oxygens (including phenoxy) is 1. The van der Waals surface area contributed by atoms with Crippen LogP contribution in [0.1, 0.15) is 30.0 Å². The first-order chi connectivity index (χ1) is 13.0. The molecule has 0 N–H and O–H groups in total. The lowest BCUT2D eigenvalue weighted by Crippen LogP contribution is -2.55. The number of anilines is 1. The minimum atomic E-state index is -0.354. The van der Waals surface area contributed by atoms with E-state index in [1.54, 1.807) is 28.4 Å². The second kappa shape index (κ2) is 7.66. The Morgan fingerprint density at radius 2 is 2.22 bits per heavy atom. The van der Waals surface area contributed by atoms with Crippen molar-refractivity contribution < 1.29 is 13.9 Å². The Hall–Kier alpha value is -1.83. The van der Waals surface area contributed by atoms with Crippen LogP contribution in [0.5, 0.6) is 0 Å². The minimum absolute atomic E-state index is 0.0573. The number of benzene rings is 1. The number of halogens is 1. The molecule has 0 radical (unpaired) electrons. The molecule has 3 heterocycles. The molecular formula is C20H24FN3O2S. The normalized spacial score (nSPS) is 24.4. The lowest BCUT2D eigenvalue weighted by molar-refractivity contribution is -0.140. The van der Waals surface area contributed by atoms with Crippen LogP contribution in [0.3, 0.4) is 0 Å². The summed E-state index contributed by atoms with van der Waals surface area (Å²) in [6, 6.07) is 6.25. The summed E-state index contributed by atoms with van der Waals surface area (Å²) < 4.78 is 19.7. The SMILES string of the molecule is Cc1nc(CN2CCCC3(CC2)CN(c2cccc(F)c2)C(=O)CO3)cs1. The molecule has 1 spiro atoms. The van der Waals surface area contributed by atoms with Crippen molar-refractivity contribution in [2.75, 3.05) is 31.1 Å². The number of morpholine rings is 1. The van der Waals surface area contributed by atoms with Gasteiger partial charge in [-0.25, -0.2) is 9.37 Å². The second-order valence-corrected chi connectivity index (χ2v) is 8.48. The Bertz CT molecular complexity index is 827.